The molecule has 3 aromatic carbocycles. The molecule has 0 aromatic heterocycles. The molecular formula is C22H24IOP. The van der Waals surface area contributed by atoms with Crippen LogP contribution in [0, 0.1) is 0 Å². The van der Waals surface area contributed by atoms with E-state index in [1.165, 1.54) is 15.9 Å². The Kier molecular flexibility index (Phi) is 5.62. The Morgan fingerprint density at radius 3 is 1.32 bits per heavy atom. The van der Waals surface area contributed by atoms with Crippen molar-refractivity contribution in [2.45, 2.75) is 19.4 Å². The summed E-state index contributed by atoms with van der Waals surface area (Å²) in [7, 11) is 0. The van der Waals surface area contributed by atoms with Gasteiger partial charge in [0.25, 0.3) is 0 Å². The van der Waals surface area contributed by atoms with Crippen LogP contribution >= 0.6 is 26.3 Å². The molecule has 0 saturated carbocycles. The number of hydrogen-bond acceptors (Lipinski definition) is 1. The van der Waals surface area contributed by atoms with Crippen molar-refractivity contribution in [1.29, 1.82) is 0 Å². The van der Waals surface area contributed by atoms with Crippen LogP contribution < -0.4 is 15.9 Å². The summed E-state index contributed by atoms with van der Waals surface area (Å²) in [5, 5.41) is 14.7. The van der Waals surface area contributed by atoms with E-state index in [-0.39, 0.29) is 6.10 Å². The first kappa shape index (κ1) is 18.6. The van der Waals surface area contributed by atoms with Gasteiger partial charge in [0.2, 0.25) is 0 Å². The van der Waals surface area contributed by atoms with Crippen molar-refractivity contribution in [3.8, 4) is 0 Å². The molecule has 1 nitrogen and oxygen atoms in total. The molecule has 3 aromatic rings. The molecule has 0 unspecified atom stereocenters. The van der Waals surface area contributed by atoms with Crippen molar-refractivity contribution in [2.24, 2.45) is 0 Å². The number of benzene rings is 3. The van der Waals surface area contributed by atoms with Crippen LogP contribution in [0.15, 0.2) is 91.0 Å². The van der Waals surface area contributed by atoms with E-state index < -0.39 is 4.25 Å². The van der Waals surface area contributed by atoms with Crippen molar-refractivity contribution in [3.63, 3.8) is 0 Å². The third kappa shape index (κ3) is 3.28. The Hall–Kier alpha value is -1.22. The molecular weight excluding hydrogens is 438 g/mol. The normalized spacial score (nSPS) is 14.4. The molecule has 0 aliphatic carbocycles. The molecule has 0 amide bonds. The Morgan fingerprint density at radius 2 is 1.04 bits per heavy atom. The standard InChI is InChI=1S/C22H24IOP/c1-2-19(24)18-25(23,20-12-6-3-7-13-20,21-14-8-4-9-15-21)22-16-10-5-11-17-22/h3-17,19,24H,2,18H2,1H3/t19-/m0/s1. The summed E-state index contributed by atoms with van der Waals surface area (Å²) in [5.41, 5.74) is 0. The summed E-state index contributed by atoms with van der Waals surface area (Å²) in [6, 6.07) is 32.2. The number of rotatable bonds is 6. The summed E-state index contributed by atoms with van der Waals surface area (Å²) >= 11 is 2.71. The van der Waals surface area contributed by atoms with Crippen molar-refractivity contribution < 1.29 is 5.11 Å². The van der Waals surface area contributed by atoms with Crippen LogP contribution in [0.2, 0.25) is 0 Å². The molecule has 0 heterocycles. The Labute approximate surface area is 163 Å². The van der Waals surface area contributed by atoms with Gasteiger partial charge < -0.3 is 0 Å². The van der Waals surface area contributed by atoms with Gasteiger partial charge in [0.1, 0.15) is 0 Å². The fraction of sp³-hybridized carbons (Fsp3) is 0.182. The molecule has 3 heteroatoms. The maximum atomic E-state index is 10.8. The van der Waals surface area contributed by atoms with E-state index in [9.17, 15) is 5.11 Å². The number of aliphatic hydroxyl groups excluding tert-OH is 1. The topological polar surface area (TPSA) is 20.2 Å². The maximum absolute atomic E-state index is 10.8. The summed E-state index contributed by atoms with van der Waals surface area (Å²) in [5.74, 6) is 0. The zero-order valence-corrected chi connectivity index (χ0v) is 17.5. The second-order valence-corrected chi connectivity index (χ2v) is 17.1. The van der Waals surface area contributed by atoms with Crippen LogP contribution in [0.3, 0.4) is 0 Å². The van der Waals surface area contributed by atoms with Gasteiger partial charge in [-0.05, 0) is 0 Å². The first-order valence-corrected chi connectivity index (χ1v) is 13.9. The molecule has 0 fully saturated rings. The van der Waals surface area contributed by atoms with Crippen LogP contribution in [0.4, 0.5) is 0 Å². The molecule has 0 radical (unpaired) electrons. The first-order valence-electron chi connectivity index (χ1n) is 8.67. The summed E-state index contributed by atoms with van der Waals surface area (Å²) in [4.78, 5) is 0. The molecule has 130 valence electrons. The zero-order chi connectivity index (χ0) is 17.8. The molecule has 1 N–H and O–H groups in total. The third-order valence-electron chi connectivity index (χ3n) is 4.91. The average molecular weight is 462 g/mol. The second kappa shape index (κ2) is 7.57. The summed E-state index contributed by atoms with van der Waals surface area (Å²) < 4.78 is -2.80. The minimum absolute atomic E-state index is 0.338. The molecule has 25 heavy (non-hydrogen) atoms. The third-order valence-corrected chi connectivity index (χ3v) is 16.3. The van der Waals surface area contributed by atoms with Crippen LogP contribution in [-0.4, -0.2) is 17.4 Å². The monoisotopic (exact) mass is 462 g/mol. The van der Waals surface area contributed by atoms with Crippen LogP contribution in [-0.2, 0) is 0 Å². The van der Waals surface area contributed by atoms with Crippen molar-refractivity contribution in [2.75, 3.05) is 6.16 Å². The summed E-state index contributed by atoms with van der Waals surface area (Å²) in [6.07, 6.45) is 1.17. The quantitative estimate of drug-likeness (QED) is 0.418. The molecule has 3 rings (SSSR count). The van der Waals surface area contributed by atoms with Gasteiger partial charge in [0.05, 0.1) is 0 Å². The van der Waals surface area contributed by atoms with E-state index in [1.54, 1.807) is 0 Å². The van der Waals surface area contributed by atoms with E-state index in [1.807, 2.05) is 0 Å². The van der Waals surface area contributed by atoms with Gasteiger partial charge in [-0.1, -0.05) is 0 Å². The van der Waals surface area contributed by atoms with Gasteiger partial charge in [-0.3, -0.25) is 0 Å². The van der Waals surface area contributed by atoms with Crippen molar-refractivity contribution in [1.82, 2.24) is 0 Å². The SMILES string of the molecule is CC[C@H](O)CP(I)(c1ccccc1)(c1ccccc1)c1ccccc1. The predicted octanol–water partition coefficient (Wildman–Crippen LogP) is 4.64. The number of hydrogen-bond donors (Lipinski definition) is 1. The second-order valence-electron chi connectivity index (χ2n) is 6.43. The average Bonchev–Trinajstić information content (AvgIpc) is 2.70. The first-order chi connectivity index (χ1) is 12.1. The molecule has 0 aliphatic rings. The van der Waals surface area contributed by atoms with E-state index in [0.717, 1.165) is 12.6 Å². The Balaban J connectivity index is 2.40. The van der Waals surface area contributed by atoms with Gasteiger partial charge in [-0.2, -0.15) is 0 Å². The molecule has 0 spiro atoms. The Morgan fingerprint density at radius 1 is 0.720 bits per heavy atom. The van der Waals surface area contributed by atoms with E-state index in [0.29, 0.717) is 0 Å². The van der Waals surface area contributed by atoms with E-state index in [4.69, 9.17) is 0 Å². The van der Waals surface area contributed by atoms with E-state index >= 15 is 0 Å². The van der Waals surface area contributed by atoms with Gasteiger partial charge in [-0.25, -0.2) is 0 Å². The van der Waals surface area contributed by atoms with Gasteiger partial charge in [0.15, 0.2) is 0 Å². The molecule has 1 atom stereocenters. The van der Waals surface area contributed by atoms with Crippen LogP contribution in [0.5, 0.6) is 0 Å². The molecule has 0 bridgehead atoms. The van der Waals surface area contributed by atoms with Crippen molar-refractivity contribution >= 4 is 42.2 Å². The number of aliphatic hydroxyl groups is 1. The minimum atomic E-state index is -2.80. The molecule has 0 aliphatic heterocycles. The predicted molar refractivity (Wildman–Crippen MR) is 120 cm³/mol. The van der Waals surface area contributed by atoms with E-state index in [2.05, 4.69) is 120 Å². The van der Waals surface area contributed by atoms with Crippen molar-refractivity contribution in [3.05, 3.63) is 91.0 Å². The van der Waals surface area contributed by atoms with Gasteiger partial charge >= 0.3 is 164 Å². The fourth-order valence-corrected chi connectivity index (χ4v) is 12.7. The fourth-order valence-electron chi connectivity index (χ4n) is 3.50. The van der Waals surface area contributed by atoms with Crippen LogP contribution in [0.25, 0.3) is 0 Å². The molecule has 0 saturated heterocycles. The number of halogens is 1. The van der Waals surface area contributed by atoms with Gasteiger partial charge in [-0.15, -0.1) is 0 Å². The summed E-state index contributed by atoms with van der Waals surface area (Å²) in [6.45, 7) is 2.06. The Bertz CT molecular complexity index is 706. The van der Waals surface area contributed by atoms with Crippen LogP contribution in [0.1, 0.15) is 13.3 Å². The van der Waals surface area contributed by atoms with Gasteiger partial charge in [0, 0.05) is 0 Å². The zero-order valence-electron chi connectivity index (χ0n) is 14.4.